The second kappa shape index (κ2) is 3.73. The zero-order valence-corrected chi connectivity index (χ0v) is 8.50. The monoisotopic (exact) mass is 176 g/mol. The molecule has 0 radical (unpaired) electrons. The summed E-state index contributed by atoms with van der Waals surface area (Å²) in [5, 5.41) is 0. The van der Waals surface area contributed by atoms with Crippen LogP contribution in [0, 0.1) is 5.41 Å². The molecule has 1 rings (SSSR count). The Morgan fingerprint density at radius 1 is 1.38 bits per heavy atom. The smallest absolute Gasteiger partial charge is 0.156 e. The summed E-state index contributed by atoms with van der Waals surface area (Å²) in [6, 6.07) is 0. The largest absolute Gasteiger partial charge is 0.295 e. The van der Waals surface area contributed by atoms with E-state index in [1.165, 1.54) is 5.57 Å². The van der Waals surface area contributed by atoms with E-state index in [9.17, 15) is 4.79 Å². The summed E-state index contributed by atoms with van der Waals surface area (Å²) in [7, 11) is 0. The van der Waals surface area contributed by atoms with Crippen molar-refractivity contribution in [2.75, 3.05) is 0 Å². The fourth-order valence-electron chi connectivity index (χ4n) is 1.49. The molecule has 0 fully saturated rings. The Hall–Kier alpha value is -1.11. The van der Waals surface area contributed by atoms with Crippen molar-refractivity contribution in [1.82, 2.24) is 0 Å². The molecular formula is C12H16O. The van der Waals surface area contributed by atoms with Crippen LogP contribution >= 0.6 is 0 Å². The molecule has 1 heteroatoms. The highest BCUT2D eigenvalue weighted by atomic mass is 16.1. The van der Waals surface area contributed by atoms with Crippen molar-refractivity contribution >= 4 is 5.78 Å². The van der Waals surface area contributed by atoms with E-state index in [0.29, 0.717) is 6.42 Å². The Bertz CT molecular complexity index is 290. The van der Waals surface area contributed by atoms with Crippen LogP contribution in [0.1, 0.15) is 27.2 Å². The van der Waals surface area contributed by atoms with Gasteiger partial charge in [0.1, 0.15) is 0 Å². The Morgan fingerprint density at radius 3 is 2.62 bits per heavy atom. The maximum atomic E-state index is 11.2. The number of allylic oxidation sites excluding steroid dienone is 6. The van der Waals surface area contributed by atoms with Gasteiger partial charge in [0.2, 0.25) is 0 Å². The van der Waals surface area contributed by atoms with E-state index < -0.39 is 0 Å². The van der Waals surface area contributed by atoms with E-state index in [4.69, 9.17) is 0 Å². The van der Waals surface area contributed by atoms with Crippen molar-refractivity contribution in [1.29, 1.82) is 0 Å². The molecule has 1 nitrogen and oxygen atoms in total. The maximum absolute atomic E-state index is 11.2. The summed E-state index contributed by atoms with van der Waals surface area (Å²) in [6.45, 7) is 6.19. The number of hydrogen-bond donors (Lipinski definition) is 0. The van der Waals surface area contributed by atoms with Gasteiger partial charge in [0.05, 0.1) is 0 Å². The van der Waals surface area contributed by atoms with Gasteiger partial charge in [0.25, 0.3) is 0 Å². The van der Waals surface area contributed by atoms with E-state index in [1.54, 1.807) is 6.08 Å². The molecule has 0 aromatic rings. The lowest BCUT2D eigenvalue weighted by Gasteiger charge is -2.27. The third kappa shape index (κ3) is 2.41. The molecular weight excluding hydrogens is 160 g/mol. The zero-order chi connectivity index (χ0) is 9.90. The summed E-state index contributed by atoms with van der Waals surface area (Å²) in [5.74, 6) is 0.225. The molecule has 0 aromatic heterocycles. The van der Waals surface area contributed by atoms with Crippen LogP contribution in [0.25, 0.3) is 0 Å². The van der Waals surface area contributed by atoms with Crippen molar-refractivity contribution in [3.63, 3.8) is 0 Å². The van der Waals surface area contributed by atoms with Gasteiger partial charge in [-0.1, -0.05) is 38.2 Å². The lowest BCUT2D eigenvalue weighted by molar-refractivity contribution is -0.116. The van der Waals surface area contributed by atoms with Crippen LogP contribution in [0.15, 0.2) is 36.0 Å². The molecule has 13 heavy (non-hydrogen) atoms. The van der Waals surface area contributed by atoms with E-state index in [1.807, 2.05) is 25.2 Å². The minimum atomic E-state index is -0.00859. The standard InChI is InChI=1S/C12H16O/c1-4-5-6-10-7-8-11(13)9-12(10,2)3/h4-8H,9H2,1-3H3/b5-4+,10-6+. The van der Waals surface area contributed by atoms with Gasteiger partial charge >= 0.3 is 0 Å². The molecule has 0 atom stereocenters. The quantitative estimate of drug-likeness (QED) is 0.600. The molecule has 0 bridgehead atoms. The molecule has 1 aliphatic rings. The lowest BCUT2D eigenvalue weighted by Crippen LogP contribution is -2.21. The fraction of sp³-hybridized carbons (Fsp3) is 0.417. The second-order valence-electron chi connectivity index (χ2n) is 4.01. The third-order valence-corrected chi connectivity index (χ3v) is 2.31. The minimum Gasteiger partial charge on any atom is -0.295 e. The maximum Gasteiger partial charge on any atom is 0.156 e. The Kier molecular flexibility index (Phi) is 2.86. The zero-order valence-electron chi connectivity index (χ0n) is 8.50. The number of carbonyl (C=O) groups is 1. The minimum absolute atomic E-state index is 0.00859. The van der Waals surface area contributed by atoms with Gasteiger partial charge in [-0.2, -0.15) is 0 Å². The summed E-state index contributed by atoms with van der Waals surface area (Å²) < 4.78 is 0. The lowest BCUT2D eigenvalue weighted by atomic mass is 9.76. The Balaban J connectivity index is 2.97. The van der Waals surface area contributed by atoms with Crippen LogP contribution in [0.4, 0.5) is 0 Å². The van der Waals surface area contributed by atoms with Crippen molar-refractivity contribution in [2.45, 2.75) is 27.2 Å². The van der Waals surface area contributed by atoms with Gasteiger partial charge in [-0.25, -0.2) is 0 Å². The summed E-state index contributed by atoms with van der Waals surface area (Å²) >= 11 is 0. The second-order valence-corrected chi connectivity index (χ2v) is 4.01. The van der Waals surface area contributed by atoms with Crippen LogP contribution in [0.2, 0.25) is 0 Å². The van der Waals surface area contributed by atoms with Crippen LogP contribution in [-0.4, -0.2) is 5.78 Å². The molecule has 0 unspecified atom stereocenters. The highest BCUT2D eigenvalue weighted by molar-refractivity contribution is 5.92. The van der Waals surface area contributed by atoms with Gasteiger partial charge in [0, 0.05) is 6.42 Å². The number of ketones is 1. The van der Waals surface area contributed by atoms with Gasteiger partial charge in [-0.05, 0) is 24.0 Å². The normalized spacial score (nSPS) is 24.5. The first-order chi connectivity index (χ1) is 6.06. The third-order valence-electron chi connectivity index (χ3n) is 2.31. The molecule has 1 aliphatic carbocycles. The molecule has 0 saturated heterocycles. The highest BCUT2D eigenvalue weighted by Gasteiger charge is 2.26. The molecule has 0 aromatic carbocycles. The summed E-state index contributed by atoms with van der Waals surface area (Å²) in [4.78, 5) is 11.2. The highest BCUT2D eigenvalue weighted by Crippen LogP contribution is 2.34. The number of rotatable bonds is 1. The predicted octanol–water partition coefficient (Wildman–Crippen LogP) is 3.04. The first-order valence-corrected chi connectivity index (χ1v) is 4.60. The Labute approximate surface area is 79.8 Å². The average Bonchev–Trinajstić information content (AvgIpc) is 2.01. The average molecular weight is 176 g/mol. The molecule has 0 aliphatic heterocycles. The van der Waals surface area contributed by atoms with Gasteiger partial charge in [-0.3, -0.25) is 4.79 Å². The van der Waals surface area contributed by atoms with Gasteiger partial charge < -0.3 is 0 Å². The molecule has 0 N–H and O–H groups in total. The van der Waals surface area contributed by atoms with Crippen LogP contribution in [0.5, 0.6) is 0 Å². The SMILES string of the molecule is C/C=C/C=C1\C=CC(=O)CC1(C)C. The van der Waals surface area contributed by atoms with Crippen LogP contribution in [-0.2, 0) is 4.79 Å². The van der Waals surface area contributed by atoms with Crippen molar-refractivity contribution in [2.24, 2.45) is 5.41 Å². The molecule has 0 saturated carbocycles. The van der Waals surface area contributed by atoms with Crippen LogP contribution < -0.4 is 0 Å². The van der Waals surface area contributed by atoms with E-state index in [-0.39, 0.29) is 11.2 Å². The molecule has 70 valence electrons. The first-order valence-electron chi connectivity index (χ1n) is 4.60. The van der Waals surface area contributed by atoms with Crippen molar-refractivity contribution < 1.29 is 4.79 Å². The topological polar surface area (TPSA) is 17.1 Å². The van der Waals surface area contributed by atoms with Crippen molar-refractivity contribution in [3.8, 4) is 0 Å². The fourth-order valence-corrected chi connectivity index (χ4v) is 1.49. The summed E-state index contributed by atoms with van der Waals surface area (Å²) in [6.07, 6.45) is 10.3. The molecule has 0 spiro atoms. The van der Waals surface area contributed by atoms with E-state index in [0.717, 1.165) is 0 Å². The summed E-state index contributed by atoms with van der Waals surface area (Å²) in [5.41, 5.74) is 1.22. The Morgan fingerprint density at radius 2 is 2.08 bits per heavy atom. The number of hydrogen-bond acceptors (Lipinski definition) is 1. The molecule has 0 heterocycles. The van der Waals surface area contributed by atoms with Crippen molar-refractivity contribution in [3.05, 3.63) is 36.0 Å². The molecule has 0 amide bonds. The first kappa shape index (κ1) is 9.97. The number of carbonyl (C=O) groups excluding carboxylic acids is 1. The van der Waals surface area contributed by atoms with E-state index >= 15 is 0 Å². The predicted molar refractivity (Wildman–Crippen MR) is 55.4 cm³/mol. The van der Waals surface area contributed by atoms with Gasteiger partial charge in [0.15, 0.2) is 5.78 Å². The van der Waals surface area contributed by atoms with Crippen LogP contribution in [0.3, 0.4) is 0 Å². The van der Waals surface area contributed by atoms with E-state index in [2.05, 4.69) is 19.9 Å². The van der Waals surface area contributed by atoms with Gasteiger partial charge in [-0.15, -0.1) is 0 Å².